The maximum Gasteiger partial charge on any atom is 0.354 e. The highest BCUT2D eigenvalue weighted by Gasteiger charge is 2.26. The zero-order valence-electron chi connectivity index (χ0n) is 15.0. The molecule has 1 atom stereocenters. The number of carboxylic acids is 1. The Morgan fingerprint density at radius 1 is 1.38 bits per heavy atom. The summed E-state index contributed by atoms with van der Waals surface area (Å²) in [5.41, 5.74) is 1.10. The number of aromatic nitrogens is 2. The lowest BCUT2D eigenvalue weighted by molar-refractivity contribution is -0.119. The fourth-order valence-electron chi connectivity index (χ4n) is 2.63. The first-order valence-corrected chi connectivity index (χ1v) is 9.00. The summed E-state index contributed by atoms with van der Waals surface area (Å²) in [5.74, 6) is -2.12. The number of hydrogen-bond donors (Lipinski definition) is 2. The highest BCUT2D eigenvalue weighted by atomic mass is 32.1. The van der Waals surface area contributed by atoms with Crippen LogP contribution in [-0.2, 0) is 16.0 Å². The standard InChI is InChI=1S/C17H21N3O5S/c1-5-11-10(4)26-15(13(11)17(24)25-6-2)19-14(21)9(3)20-12(16(22)23)7-8-18-20/h7-9H,5-6H2,1-4H3,(H,19,21)(H,22,23). The summed E-state index contributed by atoms with van der Waals surface area (Å²) in [5, 5.41) is 16.2. The van der Waals surface area contributed by atoms with Crippen molar-refractivity contribution in [1.82, 2.24) is 9.78 Å². The van der Waals surface area contributed by atoms with Crippen LogP contribution in [0, 0.1) is 6.92 Å². The van der Waals surface area contributed by atoms with Gasteiger partial charge < -0.3 is 15.2 Å². The Bertz CT molecular complexity index is 840. The number of nitrogens with zero attached hydrogens (tertiary/aromatic N) is 2. The van der Waals surface area contributed by atoms with E-state index >= 15 is 0 Å². The van der Waals surface area contributed by atoms with Gasteiger partial charge in [0.2, 0.25) is 5.91 Å². The molecule has 140 valence electrons. The van der Waals surface area contributed by atoms with Gasteiger partial charge in [0, 0.05) is 11.1 Å². The Balaban J connectivity index is 2.32. The zero-order chi connectivity index (χ0) is 19.4. The van der Waals surface area contributed by atoms with Crippen LogP contribution in [0.5, 0.6) is 0 Å². The summed E-state index contributed by atoms with van der Waals surface area (Å²) < 4.78 is 6.24. The molecule has 8 nitrogen and oxygen atoms in total. The molecular weight excluding hydrogens is 358 g/mol. The van der Waals surface area contributed by atoms with Crippen molar-refractivity contribution in [3.63, 3.8) is 0 Å². The van der Waals surface area contributed by atoms with Gasteiger partial charge in [0.25, 0.3) is 0 Å². The van der Waals surface area contributed by atoms with Gasteiger partial charge in [-0.05, 0) is 38.8 Å². The molecule has 0 radical (unpaired) electrons. The second-order valence-electron chi connectivity index (χ2n) is 5.55. The minimum absolute atomic E-state index is 0.0881. The summed E-state index contributed by atoms with van der Waals surface area (Å²) in [7, 11) is 0. The second-order valence-corrected chi connectivity index (χ2v) is 6.77. The molecule has 9 heteroatoms. The molecular formula is C17H21N3O5S. The number of esters is 1. The van der Waals surface area contributed by atoms with Gasteiger partial charge in [-0.1, -0.05) is 6.92 Å². The number of thiophene rings is 1. The lowest BCUT2D eigenvalue weighted by Crippen LogP contribution is -2.27. The lowest BCUT2D eigenvalue weighted by Gasteiger charge is -2.14. The van der Waals surface area contributed by atoms with E-state index in [1.807, 2.05) is 13.8 Å². The first-order chi connectivity index (χ1) is 12.3. The maximum atomic E-state index is 12.6. The Morgan fingerprint density at radius 2 is 2.08 bits per heavy atom. The molecule has 0 bridgehead atoms. The summed E-state index contributed by atoms with van der Waals surface area (Å²) in [6.45, 7) is 7.29. The largest absolute Gasteiger partial charge is 0.477 e. The third kappa shape index (κ3) is 3.77. The Morgan fingerprint density at radius 3 is 2.65 bits per heavy atom. The van der Waals surface area contributed by atoms with Crippen molar-refractivity contribution in [3.8, 4) is 0 Å². The first kappa shape index (κ1) is 19.6. The molecule has 0 aliphatic carbocycles. The van der Waals surface area contributed by atoms with Crippen LogP contribution in [0.1, 0.15) is 58.1 Å². The van der Waals surface area contributed by atoms with E-state index in [0.29, 0.717) is 17.0 Å². The van der Waals surface area contributed by atoms with Gasteiger partial charge in [0.05, 0.1) is 12.2 Å². The molecule has 0 spiro atoms. The number of aryl methyl sites for hydroxylation is 1. The third-order valence-electron chi connectivity index (χ3n) is 3.91. The summed E-state index contributed by atoms with van der Waals surface area (Å²) in [4.78, 5) is 37.1. The van der Waals surface area contributed by atoms with Crippen LogP contribution in [-0.4, -0.2) is 39.3 Å². The van der Waals surface area contributed by atoms with Crippen molar-refractivity contribution in [2.75, 3.05) is 11.9 Å². The molecule has 1 amide bonds. The van der Waals surface area contributed by atoms with Crippen LogP contribution in [0.2, 0.25) is 0 Å². The lowest BCUT2D eigenvalue weighted by atomic mass is 10.1. The molecule has 2 rings (SSSR count). The Labute approximate surface area is 154 Å². The molecule has 0 saturated carbocycles. The molecule has 0 saturated heterocycles. The second kappa shape index (κ2) is 8.13. The van der Waals surface area contributed by atoms with Crippen molar-refractivity contribution in [1.29, 1.82) is 0 Å². The Hall–Kier alpha value is -2.68. The van der Waals surface area contributed by atoms with E-state index in [9.17, 15) is 19.5 Å². The van der Waals surface area contributed by atoms with Gasteiger partial charge in [-0.15, -0.1) is 11.3 Å². The van der Waals surface area contributed by atoms with E-state index in [1.165, 1.54) is 23.6 Å². The van der Waals surface area contributed by atoms with Crippen molar-refractivity contribution in [3.05, 3.63) is 34.0 Å². The fraction of sp³-hybridized carbons (Fsp3) is 0.412. The van der Waals surface area contributed by atoms with E-state index in [0.717, 1.165) is 15.1 Å². The molecule has 0 fully saturated rings. The molecule has 2 aromatic rings. The van der Waals surface area contributed by atoms with Gasteiger partial charge in [0.15, 0.2) is 0 Å². The van der Waals surface area contributed by atoms with Gasteiger partial charge in [0.1, 0.15) is 16.7 Å². The van der Waals surface area contributed by atoms with Gasteiger partial charge >= 0.3 is 11.9 Å². The minimum atomic E-state index is -1.17. The average Bonchev–Trinajstić information content (AvgIpc) is 3.18. The van der Waals surface area contributed by atoms with E-state index < -0.39 is 23.9 Å². The zero-order valence-corrected chi connectivity index (χ0v) is 15.8. The summed E-state index contributed by atoms with van der Waals surface area (Å²) in [6.07, 6.45) is 1.95. The quantitative estimate of drug-likeness (QED) is 0.716. The van der Waals surface area contributed by atoms with Crippen LogP contribution in [0.4, 0.5) is 5.00 Å². The van der Waals surface area contributed by atoms with E-state index in [1.54, 1.807) is 13.8 Å². The highest BCUT2D eigenvalue weighted by Crippen LogP contribution is 2.34. The van der Waals surface area contributed by atoms with Crippen LogP contribution in [0.25, 0.3) is 0 Å². The smallest absolute Gasteiger partial charge is 0.354 e. The number of ether oxygens (including phenoxy) is 1. The monoisotopic (exact) mass is 379 g/mol. The number of amides is 1. The van der Waals surface area contributed by atoms with Gasteiger partial charge in [-0.25, -0.2) is 14.3 Å². The van der Waals surface area contributed by atoms with Crippen molar-refractivity contribution < 1.29 is 24.2 Å². The molecule has 2 N–H and O–H groups in total. The SMILES string of the molecule is CCOC(=O)c1c(NC(=O)C(C)n2nccc2C(=O)O)sc(C)c1CC. The minimum Gasteiger partial charge on any atom is -0.477 e. The number of nitrogens with one attached hydrogen (secondary N) is 1. The summed E-state index contributed by atoms with van der Waals surface area (Å²) in [6, 6.07) is 0.458. The topological polar surface area (TPSA) is 111 Å². The van der Waals surface area contributed by atoms with Crippen LogP contribution in [0.15, 0.2) is 12.3 Å². The van der Waals surface area contributed by atoms with Crippen molar-refractivity contribution in [2.45, 2.75) is 40.2 Å². The van der Waals surface area contributed by atoms with Crippen LogP contribution in [0.3, 0.4) is 0 Å². The number of aromatic carboxylic acids is 1. The number of hydrogen-bond acceptors (Lipinski definition) is 6. The van der Waals surface area contributed by atoms with Crippen LogP contribution >= 0.6 is 11.3 Å². The number of rotatable bonds is 7. The van der Waals surface area contributed by atoms with Crippen molar-refractivity contribution in [2.24, 2.45) is 0 Å². The Kier molecular flexibility index (Phi) is 6.14. The number of carbonyl (C=O) groups is 3. The maximum absolute atomic E-state index is 12.6. The fourth-order valence-corrected chi connectivity index (χ4v) is 3.77. The summed E-state index contributed by atoms with van der Waals surface area (Å²) >= 11 is 1.29. The predicted molar refractivity (Wildman–Crippen MR) is 96.9 cm³/mol. The number of carboxylic acid groups (broad SMARTS) is 1. The van der Waals surface area contributed by atoms with Gasteiger partial charge in [-0.2, -0.15) is 5.10 Å². The molecule has 2 aromatic heterocycles. The molecule has 0 aliphatic heterocycles. The van der Waals surface area contributed by atoms with Gasteiger partial charge in [-0.3, -0.25) is 4.79 Å². The molecule has 2 heterocycles. The number of anilines is 1. The molecule has 0 aromatic carbocycles. The molecule has 1 unspecified atom stereocenters. The number of carbonyl (C=O) groups excluding carboxylic acids is 2. The van der Waals surface area contributed by atoms with E-state index in [2.05, 4.69) is 10.4 Å². The van der Waals surface area contributed by atoms with E-state index in [4.69, 9.17) is 4.74 Å². The highest BCUT2D eigenvalue weighted by molar-refractivity contribution is 7.16. The average molecular weight is 379 g/mol. The molecule has 26 heavy (non-hydrogen) atoms. The van der Waals surface area contributed by atoms with Crippen LogP contribution < -0.4 is 5.32 Å². The normalized spacial score (nSPS) is 11.8. The third-order valence-corrected chi connectivity index (χ3v) is 4.98. The van der Waals surface area contributed by atoms with Crippen molar-refractivity contribution >= 4 is 34.2 Å². The predicted octanol–water partition coefficient (Wildman–Crippen LogP) is 2.89. The first-order valence-electron chi connectivity index (χ1n) is 8.18. The molecule has 0 aliphatic rings. The van der Waals surface area contributed by atoms with E-state index in [-0.39, 0.29) is 12.3 Å².